The molecule has 9 heteroatoms. The maximum absolute atomic E-state index is 13.4. The van der Waals surface area contributed by atoms with E-state index in [4.69, 9.17) is 9.72 Å². The summed E-state index contributed by atoms with van der Waals surface area (Å²) >= 11 is 1.41. The molecule has 1 unspecified atom stereocenters. The van der Waals surface area contributed by atoms with Crippen LogP contribution in [0.1, 0.15) is 30.1 Å². The lowest BCUT2D eigenvalue weighted by Crippen LogP contribution is -2.50. The Morgan fingerprint density at radius 1 is 1.25 bits per heavy atom. The molecule has 8 nitrogen and oxygen atoms in total. The molecule has 2 aliphatic rings. The van der Waals surface area contributed by atoms with Gasteiger partial charge in [-0.15, -0.1) is 11.3 Å². The van der Waals surface area contributed by atoms with Crippen LogP contribution in [-0.2, 0) is 4.74 Å². The van der Waals surface area contributed by atoms with Gasteiger partial charge in [-0.2, -0.15) is 4.98 Å². The smallest absolute Gasteiger partial charge is 0.345 e. The van der Waals surface area contributed by atoms with Crippen molar-refractivity contribution in [3.8, 4) is 0 Å². The normalized spacial score (nSPS) is 19.2. The van der Waals surface area contributed by atoms with Gasteiger partial charge in [-0.3, -0.25) is 14.1 Å². The van der Waals surface area contributed by atoms with Crippen molar-refractivity contribution in [2.24, 2.45) is 0 Å². The van der Waals surface area contributed by atoms with E-state index < -0.39 is 5.97 Å². The molecule has 3 aromatic heterocycles. The van der Waals surface area contributed by atoms with Gasteiger partial charge in [-0.25, -0.2) is 9.78 Å². The Kier molecular flexibility index (Phi) is 4.62. The van der Waals surface area contributed by atoms with Crippen LogP contribution in [0.3, 0.4) is 0 Å². The Morgan fingerprint density at radius 3 is 3.00 bits per heavy atom. The fraction of sp³-hybridized carbons (Fsp3) is 0.391. The molecule has 0 spiro atoms. The Bertz CT molecular complexity index is 1430. The second-order valence-electron chi connectivity index (χ2n) is 8.32. The second-order valence-corrected chi connectivity index (χ2v) is 9.35. The Labute approximate surface area is 188 Å². The molecule has 0 bridgehead atoms. The monoisotopic (exact) mass is 449 g/mol. The van der Waals surface area contributed by atoms with Crippen LogP contribution in [-0.4, -0.2) is 64.1 Å². The number of ether oxygens (including phenoxy) is 1. The number of benzene rings is 1. The summed E-state index contributed by atoms with van der Waals surface area (Å²) in [6.07, 6.45) is 4.01. The van der Waals surface area contributed by atoms with E-state index in [1.54, 1.807) is 13.1 Å². The Morgan fingerprint density at radius 2 is 2.12 bits per heavy atom. The summed E-state index contributed by atoms with van der Waals surface area (Å²) < 4.78 is 8.11. The average molecular weight is 450 g/mol. The van der Waals surface area contributed by atoms with Crippen molar-refractivity contribution in [1.82, 2.24) is 19.3 Å². The van der Waals surface area contributed by atoms with E-state index in [1.165, 1.54) is 30.7 Å². The van der Waals surface area contributed by atoms with E-state index in [0.717, 1.165) is 29.9 Å². The van der Waals surface area contributed by atoms with Gasteiger partial charge in [0.05, 0.1) is 22.2 Å². The summed E-state index contributed by atoms with van der Waals surface area (Å²) in [4.78, 5) is 40.9. The number of pyridine rings is 1. The summed E-state index contributed by atoms with van der Waals surface area (Å²) in [5.41, 5.74) is 1.12. The highest BCUT2D eigenvalue weighted by Crippen LogP contribution is 2.31. The quantitative estimate of drug-likeness (QED) is 0.445. The van der Waals surface area contributed by atoms with E-state index in [9.17, 15) is 9.59 Å². The highest BCUT2D eigenvalue weighted by atomic mass is 32.1. The third-order valence-corrected chi connectivity index (χ3v) is 7.66. The third kappa shape index (κ3) is 2.91. The maximum Gasteiger partial charge on any atom is 0.345 e. The zero-order valence-electron chi connectivity index (χ0n) is 17.8. The number of hydrogen-bond donors (Lipinski definition) is 0. The van der Waals surface area contributed by atoms with Gasteiger partial charge < -0.3 is 9.64 Å². The molecular weight excluding hydrogens is 426 g/mol. The number of rotatable bonds is 3. The van der Waals surface area contributed by atoms with Crippen LogP contribution in [0.25, 0.3) is 26.1 Å². The third-order valence-electron chi connectivity index (χ3n) is 6.52. The molecule has 164 valence electrons. The average Bonchev–Trinajstić information content (AvgIpc) is 3.43. The zero-order chi connectivity index (χ0) is 21.8. The van der Waals surface area contributed by atoms with Crippen LogP contribution in [0.4, 0.5) is 5.95 Å². The largest absolute Gasteiger partial charge is 0.462 e. The van der Waals surface area contributed by atoms with Gasteiger partial charge in [0, 0.05) is 31.9 Å². The molecule has 1 aromatic carbocycles. The van der Waals surface area contributed by atoms with Crippen molar-refractivity contribution < 1.29 is 9.53 Å². The maximum atomic E-state index is 13.4. The minimum absolute atomic E-state index is 0.0523. The molecule has 0 aliphatic carbocycles. The standard InChI is InChI=1S/C23H23N5O3S/c1-2-31-22(30)18-19(29)15-12-24-23(27-11-10-26-9-5-6-14(26)13-27)25-20(15)28-16-7-3-4-8-17(16)32-21(18)28/h3-4,7-8,12,14H,2,5-6,9-11,13H2,1H3. The lowest BCUT2D eigenvalue weighted by molar-refractivity contribution is 0.0527. The van der Waals surface area contributed by atoms with Gasteiger partial charge in [0.1, 0.15) is 10.4 Å². The molecule has 0 radical (unpaired) electrons. The summed E-state index contributed by atoms with van der Waals surface area (Å²) in [6, 6.07) is 8.41. The SMILES string of the molecule is CCOC(=O)c1c(=O)c2cnc(N3CCN4CCCC4C3)nc2n2c1sc1ccccc12. The van der Waals surface area contributed by atoms with E-state index in [0.29, 0.717) is 27.9 Å². The summed E-state index contributed by atoms with van der Waals surface area (Å²) in [5.74, 6) is 0.0290. The van der Waals surface area contributed by atoms with Crippen molar-refractivity contribution in [1.29, 1.82) is 0 Å². The first kappa shape index (κ1) is 19.6. The van der Waals surface area contributed by atoms with E-state index in [1.807, 2.05) is 28.7 Å². The molecule has 0 N–H and O–H groups in total. The fourth-order valence-corrected chi connectivity index (χ4v) is 6.17. The van der Waals surface area contributed by atoms with Crippen LogP contribution in [0.5, 0.6) is 0 Å². The Hall–Kier alpha value is -3.04. The summed E-state index contributed by atoms with van der Waals surface area (Å²) in [6.45, 7) is 5.88. The number of esters is 1. The van der Waals surface area contributed by atoms with E-state index >= 15 is 0 Å². The molecule has 32 heavy (non-hydrogen) atoms. The van der Waals surface area contributed by atoms with Crippen molar-refractivity contribution in [3.63, 3.8) is 0 Å². The Balaban J connectivity index is 1.59. The molecule has 0 amide bonds. The highest BCUT2D eigenvalue weighted by molar-refractivity contribution is 7.24. The number of aromatic nitrogens is 3. The van der Waals surface area contributed by atoms with Crippen LogP contribution >= 0.6 is 11.3 Å². The molecule has 2 saturated heterocycles. The van der Waals surface area contributed by atoms with Crippen molar-refractivity contribution in [2.75, 3.05) is 37.7 Å². The molecule has 2 fully saturated rings. The predicted molar refractivity (Wildman–Crippen MR) is 125 cm³/mol. The van der Waals surface area contributed by atoms with Gasteiger partial charge in [0.2, 0.25) is 11.4 Å². The van der Waals surface area contributed by atoms with Gasteiger partial charge in [0.25, 0.3) is 0 Å². The van der Waals surface area contributed by atoms with Crippen molar-refractivity contribution in [2.45, 2.75) is 25.8 Å². The first-order valence-corrected chi connectivity index (χ1v) is 11.9. The van der Waals surface area contributed by atoms with Crippen LogP contribution in [0, 0.1) is 0 Å². The summed E-state index contributed by atoms with van der Waals surface area (Å²) in [7, 11) is 0. The fourth-order valence-electron chi connectivity index (χ4n) is 5.00. The topological polar surface area (TPSA) is 80.0 Å². The second kappa shape index (κ2) is 7.53. The first-order valence-electron chi connectivity index (χ1n) is 11.0. The molecule has 5 heterocycles. The van der Waals surface area contributed by atoms with Crippen LogP contribution in [0.2, 0.25) is 0 Å². The molecule has 6 rings (SSSR count). The molecule has 2 aliphatic heterocycles. The number of hydrogen-bond acceptors (Lipinski definition) is 8. The summed E-state index contributed by atoms with van der Waals surface area (Å²) in [5, 5.41) is 0.331. The predicted octanol–water partition coefficient (Wildman–Crippen LogP) is 2.92. The first-order chi connectivity index (χ1) is 15.7. The lowest BCUT2D eigenvalue weighted by Gasteiger charge is -2.37. The number of nitrogens with zero attached hydrogens (tertiary/aromatic N) is 5. The zero-order valence-corrected chi connectivity index (χ0v) is 18.6. The number of thiazole rings is 1. The van der Waals surface area contributed by atoms with Gasteiger partial charge >= 0.3 is 5.97 Å². The molecule has 4 aromatic rings. The van der Waals surface area contributed by atoms with Gasteiger partial charge in [-0.05, 0) is 38.4 Å². The number of fused-ring (bicyclic) bond motifs is 6. The van der Waals surface area contributed by atoms with Crippen LogP contribution < -0.4 is 10.3 Å². The minimum Gasteiger partial charge on any atom is -0.462 e. The van der Waals surface area contributed by atoms with Crippen molar-refractivity contribution >= 4 is 49.3 Å². The number of carbonyl (C=O) groups is 1. The number of piperazine rings is 1. The minimum atomic E-state index is -0.607. The van der Waals surface area contributed by atoms with E-state index in [2.05, 4.69) is 14.8 Å². The number of para-hydroxylation sites is 1. The molecule has 0 saturated carbocycles. The number of carbonyl (C=O) groups excluding carboxylic acids is 1. The van der Waals surface area contributed by atoms with Crippen LogP contribution in [0.15, 0.2) is 35.3 Å². The highest BCUT2D eigenvalue weighted by Gasteiger charge is 2.32. The van der Waals surface area contributed by atoms with E-state index in [-0.39, 0.29) is 17.6 Å². The van der Waals surface area contributed by atoms with Crippen molar-refractivity contribution in [3.05, 3.63) is 46.2 Å². The molecule has 1 atom stereocenters. The lowest BCUT2D eigenvalue weighted by atomic mass is 10.1. The van der Waals surface area contributed by atoms with Gasteiger partial charge in [-0.1, -0.05) is 12.1 Å². The van der Waals surface area contributed by atoms with Gasteiger partial charge in [0.15, 0.2) is 5.65 Å². The molecular formula is C23H23N5O3S. The number of anilines is 1.